The molecule has 8 nitrogen and oxygen atoms in total. The fraction of sp³-hybridized carbons (Fsp3) is 0.333. The zero-order chi connectivity index (χ0) is 15.6. The molecule has 0 aliphatic carbocycles. The lowest BCUT2D eigenvalue weighted by atomic mass is 10.2. The van der Waals surface area contributed by atoms with E-state index in [1.54, 1.807) is 11.4 Å². The summed E-state index contributed by atoms with van der Waals surface area (Å²) in [4.78, 5) is 39.3. The molecule has 2 atom stereocenters. The van der Waals surface area contributed by atoms with Gasteiger partial charge in [0, 0.05) is 0 Å². The molecule has 2 unspecified atom stereocenters. The molecule has 2 heterocycles. The first-order valence-electron chi connectivity index (χ1n) is 6.03. The Bertz CT molecular complexity index is 736. The van der Waals surface area contributed by atoms with E-state index >= 15 is 0 Å². The van der Waals surface area contributed by atoms with E-state index in [9.17, 15) is 19.5 Å². The molecule has 0 aliphatic heterocycles. The number of rotatable bonds is 5. The summed E-state index contributed by atoms with van der Waals surface area (Å²) < 4.78 is 1.09. The van der Waals surface area contributed by atoms with Crippen LogP contribution >= 0.6 is 11.3 Å². The Hall–Kier alpha value is -2.26. The van der Waals surface area contributed by atoms with Crippen LogP contribution in [0.5, 0.6) is 0 Å². The lowest BCUT2D eigenvalue weighted by Gasteiger charge is -2.17. The number of fused-ring (bicyclic) bond motifs is 1. The van der Waals surface area contributed by atoms with Crippen molar-refractivity contribution in [2.24, 2.45) is 0 Å². The monoisotopic (exact) mass is 311 g/mol. The molecule has 2 aromatic heterocycles. The Labute approximate surface area is 122 Å². The third-order valence-corrected chi connectivity index (χ3v) is 3.65. The molecule has 0 aromatic carbocycles. The number of hydrogen-bond donors (Lipinski definition) is 3. The van der Waals surface area contributed by atoms with Gasteiger partial charge in [-0.1, -0.05) is 0 Å². The second-order valence-electron chi connectivity index (χ2n) is 4.44. The largest absolute Gasteiger partial charge is 0.480 e. The summed E-state index contributed by atoms with van der Waals surface area (Å²) in [5.74, 6) is -2.04. The summed E-state index contributed by atoms with van der Waals surface area (Å²) in [5.41, 5.74) is -0.375. The van der Waals surface area contributed by atoms with E-state index in [0.29, 0.717) is 10.2 Å². The number of aliphatic hydroxyl groups excluding tert-OH is 1. The minimum absolute atomic E-state index is 0.367. The maximum Gasteiger partial charge on any atom is 0.328 e. The van der Waals surface area contributed by atoms with Gasteiger partial charge in [0.1, 0.15) is 11.4 Å². The summed E-state index contributed by atoms with van der Waals surface area (Å²) in [6, 6.07) is 0.186. The molecule has 0 saturated heterocycles. The topological polar surface area (TPSA) is 122 Å². The second-order valence-corrected chi connectivity index (χ2v) is 5.34. The highest BCUT2D eigenvalue weighted by Crippen LogP contribution is 2.13. The number of aliphatic carboxylic acids is 1. The van der Waals surface area contributed by atoms with Crippen LogP contribution in [0.4, 0.5) is 0 Å². The van der Waals surface area contributed by atoms with E-state index in [1.807, 2.05) is 0 Å². The number of nitrogens with zero attached hydrogens (tertiary/aromatic N) is 2. The lowest BCUT2D eigenvalue weighted by molar-refractivity contribution is -0.144. The Morgan fingerprint density at radius 2 is 2.24 bits per heavy atom. The number of carbonyl (C=O) groups is 2. The number of carboxylic acids is 1. The van der Waals surface area contributed by atoms with Gasteiger partial charge in [0.25, 0.3) is 5.56 Å². The summed E-state index contributed by atoms with van der Waals surface area (Å²) >= 11 is 1.31. The average Bonchev–Trinajstić information content (AvgIpc) is 2.87. The fourth-order valence-electron chi connectivity index (χ4n) is 1.77. The molecule has 2 rings (SSSR count). The summed E-state index contributed by atoms with van der Waals surface area (Å²) in [7, 11) is 0. The van der Waals surface area contributed by atoms with Crippen molar-refractivity contribution in [1.82, 2.24) is 14.9 Å². The van der Waals surface area contributed by atoms with Crippen LogP contribution < -0.4 is 10.9 Å². The van der Waals surface area contributed by atoms with Crippen molar-refractivity contribution in [3.63, 3.8) is 0 Å². The second kappa shape index (κ2) is 6.02. The van der Waals surface area contributed by atoms with Crippen LogP contribution in [-0.4, -0.2) is 43.8 Å². The van der Waals surface area contributed by atoms with E-state index < -0.39 is 24.0 Å². The number of aliphatic hydroxyl groups is 1. The lowest BCUT2D eigenvalue weighted by Crippen LogP contribution is -2.49. The van der Waals surface area contributed by atoms with E-state index in [-0.39, 0.29) is 12.1 Å². The maximum atomic E-state index is 12.1. The third-order valence-electron chi connectivity index (χ3n) is 2.83. The van der Waals surface area contributed by atoms with Gasteiger partial charge in [0.05, 0.1) is 17.8 Å². The first-order valence-corrected chi connectivity index (χ1v) is 6.91. The highest BCUT2D eigenvalue weighted by Gasteiger charge is 2.25. The van der Waals surface area contributed by atoms with Crippen LogP contribution in [0.15, 0.2) is 22.6 Å². The van der Waals surface area contributed by atoms with Gasteiger partial charge >= 0.3 is 5.97 Å². The molecule has 3 N–H and O–H groups in total. The van der Waals surface area contributed by atoms with Crippen molar-refractivity contribution in [1.29, 1.82) is 0 Å². The van der Waals surface area contributed by atoms with Crippen molar-refractivity contribution in [3.8, 4) is 0 Å². The van der Waals surface area contributed by atoms with Crippen LogP contribution in [0.1, 0.15) is 6.92 Å². The van der Waals surface area contributed by atoms with Gasteiger partial charge < -0.3 is 15.5 Å². The predicted octanol–water partition coefficient (Wildman–Crippen LogP) is -0.592. The molecule has 0 radical (unpaired) electrons. The fourth-order valence-corrected chi connectivity index (χ4v) is 2.49. The molecular weight excluding hydrogens is 298 g/mol. The Balaban J connectivity index is 2.16. The van der Waals surface area contributed by atoms with E-state index in [0.717, 1.165) is 4.57 Å². The number of amides is 1. The van der Waals surface area contributed by atoms with Gasteiger partial charge in [-0.05, 0) is 18.4 Å². The van der Waals surface area contributed by atoms with Crippen molar-refractivity contribution >= 4 is 33.4 Å². The first-order chi connectivity index (χ1) is 9.90. The van der Waals surface area contributed by atoms with E-state index in [1.165, 1.54) is 24.6 Å². The van der Waals surface area contributed by atoms with Crippen LogP contribution in [0.2, 0.25) is 0 Å². The number of nitrogens with one attached hydrogen (secondary N) is 1. The molecule has 21 heavy (non-hydrogen) atoms. The Kier molecular flexibility index (Phi) is 4.34. The van der Waals surface area contributed by atoms with Crippen LogP contribution in [-0.2, 0) is 16.1 Å². The van der Waals surface area contributed by atoms with Crippen LogP contribution in [0.3, 0.4) is 0 Å². The number of carboxylic acid groups (broad SMARTS) is 1. The van der Waals surface area contributed by atoms with Crippen molar-refractivity contribution in [2.45, 2.75) is 25.6 Å². The van der Waals surface area contributed by atoms with Crippen molar-refractivity contribution in [3.05, 3.63) is 28.1 Å². The molecule has 0 bridgehead atoms. The van der Waals surface area contributed by atoms with Gasteiger partial charge in [-0.3, -0.25) is 14.2 Å². The number of carbonyl (C=O) groups excluding carboxylic acids is 1. The molecule has 9 heteroatoms. The van der Waals surface area contributed by atoms with Crippen molar-refractivity contribution < 1.29 is 19.8 Å². The van der Waals surface area contributed by atoms with Gasteiger partial charge in [-0.25, -0.2) is 9.78 Å². The molecule has 0 fully saturated rings. The van der Waals surface area contributed by atoms with Gasteiger partial charge in [-0.15, -0.1) is 11.3 Å². The minimum atomic E-state index is -1.42. The molecule has 0 spiro atoms. The number of aromatic nitrogens is 2. The van der Waals surface area contributed by atoms with Gasteiger partial charge in [-0.2, -0.15) is 0 Å². The molecular formula is C12H13N3O5S. The van der Waals surface area contributed by atoms with E-state index in [4.69, 9.17) is 5.11 Å². The zero-order valence-electron chi connectivity index (χ0n) is 11.0. The summed E-state index contributed by atoms with van der Waals surface area (Å²) in [6.07, 6.45) is -0.0144. The Morgan fingerprint density at radius 1 is 1.52 bits per heavy atom. The normalized spacial score (nSPS) is 13.8. The quantitative estimate of drug-likeness (QED) is 0.678. The third kappa shape index (κ3) is 3.26. The van der Waals surface area contributed by atoms with Crippen LogP contribution in [0, 0.1) is 0 Å². The first kappa shape index (κ1) is 15.1. The highest BCUT2D eigenvalue weighted by atomic mass is 32.1. The number of thiophene rings is 1. The SMILES string of the molecule is CC(O)C(NC(=O)Cn1cnc2sccc2c1=O)C(=O)O. The zero-order valence-corrected chi connectivity index (χ0v) is 11.8. The smallest absolute Gasteiger partial charge is 0.328 e. The highest BCUT2D eigenvalue weighted by molar-refractivity contribution is 7.16. The van der Waals surface area contributed by atoms with Gasteiger partial charge in [0.15, 0.2) is 6.04 Å². The average molecular weight is 311 g/mol. The van der Waals surface area contributed by atoms with Crippen LogP contribution in [0.25, 0.3) is 10.2 Å². The molecule has 0 saturated carbocycles. The van der Waals surface area contributed by atoms with Crippen molar-refractivity contribution in [2.75, 3.05) is 0 Å². The van der Waals surface area contributed by atoms with Gasteiger partial charge in [0.2, 0.25) is 5.91 Å². The summed E-state index contributed by atoms with van der Waals surface area (Å²) in [6.45, 7) is 0.887. The Morgan fingerprint density at radius 3 is 2.86 bits per heavy atom. The minimum Gasteiger partial charge on any atom is -0.480 e. The molecule has 112 valence electrons. The summed E-state index contributed by atoms with van der Waals surface area (Å²) in [5, 5.41) is 22.4. The predicted molar refractivity (Wildman–Crippen MR) is 75.1 cm³/mol. The molecule has 2 aromatic rings. The van der Waals surface area contributed by atoms with E-state index in [2.05, 4.69) is 10.3 Å². The maximum absolute atomic E-state index is 12.1. The molecule has 0 aliphatic rings. The molecule has 1 amide bonds. The standard InChI is InChI=1S/C12H13N3O5S/c1-6(16)9(12(19)20)14-8(17)4-15-5-13-10-7(11(15)18)2-3-21-10/h2-3,5-6,9,16H,4H2,1H3,(H,14,17)(H,19,20). The number of hydrogen-bond acceptors (Lipinski definition) is 6.